The average molecular weight is 349 g/mol. The zero-order valence-electron chi connectivity index (χ0n) is 9.22. The Bertz CT molecular complexity index is 416. The Morgan fingerprint density at radius 1 is 1.41 bits per heavy atom. The Balaban J connectivity index is 2.04. The third-order valence-electron chi connectivity index (χ3n) is 2.03. The first-order chi connectivity index (χ1) is 8.11. The molecule has 6 heteroatoms. The zero-order valence-corrected chi connectivity index (χ0v) is 11.4. The van der Waals surface area contributed by atoms with Crippen LogP contribution in [0.4, 0.5) is 0 Å². The van der Waals surface area contributed by atoms with E-state index in [1.807, 2.05) is 34.7 Å². The van der Waals surface area contributed by atoms with Gasteiger partial charge in [0.05, 0.1) is 6.61 Å². The number of rotatable bonds is 4. The number of ether oxygens (including phenoxy) is 2. The van der Waals surface area contributed by atoms with E-state index >= 15 is 0 Å². The van der Waals surface area contributed by atoms with Crippen molar-refractivity contribution in [1.82, 2.24) is 0 Å². The molecule has 0 bridgehead atoms. The first-order valence-electron chi connectivity index (χ1n) is 5.09. The molecule has 0 saturated heterocycles. The fourth-order valence-electron chi connectivity index (χ4n) is 1.30. The molecule has 1 aromatic rings. The molecule has 17 heavy (non-hydrogen) atoms. The van der Waals surface area contributed by atoms with E-state index in [2.05, 4.69) is 5.16 Å². The van der Waals surface area contributed by atoms with Crippen LogP contribution in [0.5, 0.6) is 5.75 Å². The lowest BCUT2D eigenvalue weighted by molar-refractivity contribution is -0.0485. The van der Waals surface area contributed by atoms with Crippen molar-refractivity contribution in [2.75, 3.05) is 13.2 Å². The smallest absolute Gasteiger partial charge is 0.325 e. The molecule has 1 aliphatic rings. The van der Waals surface area contributed by atoms with E-state index in [-0.39, 0.29) is 13.2 Å². The monoisotopic (exact) mass is 349 g/mol. The van der Waals surface area contributed by atoms with Crippen molar-refractivity contribution >= 4 is 28.5 Å². The van der Waals surface area contributed by atoms with Crippen molar-refractivity contribution in [2.24, 2.45) is 5.16 Å². The van der Waals surface area contributed by atoms with Gasteiger partial charge in [0.25, 0.3) is 5.90 Å². The van der Waals surface area contributed by atoms with Gasteiger partial charge in [-0.15, -0.1) is 0 Å². The predicted octanol–water partition coefficient (Wildman–Crippen LogP) is 1.87. The van der Waals surface area contributed by atoms with Crippen LogP contribution in [0.1, 0.15) is 12.5 Å². The van der Waals surface area contributed by atoms with Crippen molar-refractivity contribution in [3.63, 3.8) is 0 Å². The van der Waals surface area contributed by atoms with E-state index in [0.29, 0.717) is 11.6 Å². The summed E-state index contributed by atoms with van der Waals surface area (Å²) in [5.74, 6) is 1.15. The molecule has 0 fully saturated rings. The van der Waals surface area contributed by atoms with Crippen molar-refractivity contribution in [2.45, 2.75) is 10.7 Å². The van der Waals surface area contributed by atoms with Crippen LogP contribution in [0.25, 0.3) is 0 Å². The number of hydrogen-bond acceptors (Lipinski definition) is 5. The molecule has 1 atom stereocenters. The maximum atomic E-state index is 8.63. The number of benzene rings is 1. The lowest BCUT2D eigenvalue weighted by Crippen LogP contribution is -2.18. The first-order valence-corrected chi connectivity index (χ1v) is 6.17. The highest BCUT2D eigenvalue weighted by molar-refractivity contribution is 14.1. The maximum absolute atomic E-state index is 8.63. The van der Waals surface area contributed by atoms with Gasteiger partial charge in [-0.3, -0.25) is 0 Å². The second kappa shape index (κ2) is 5.09. The summed E-state index contributed by atoms with van der Waals surface area (Å²) in [4.78, 5) is 5.09. The molecule has 0 spiro atoms. The summed E-state index contributed by atoms with van der Waals surface area (Å²) in [5, 5.41) is 12.5. The van der Waals surface area contributed by atoms with E-state index in [0.717, 1.165) is 5.56 Å². The minimum atomic E-state index is -0.737. The van der Waals surface area contributed by atoms with Gasteiger partial charge in [0.15, 0.2) is 0 Å². The summed E-state index contributed by atoms with van der Waals surface area (Å²) in [5.41, 5.74) is 0.821. The number of aliphatic hydroxyl groups excluding tert-OH is 1. The molecule has 5 nitrogen and oxygen atoms in total. The maximum Gasteiger partial charge on any atom is 0.325 e. The topological polar surface area (TPSA) is 60.3 Å². The van der Waals surface area contributed by atoms with Crippen LogP contribution in [0, 0.1) is 0 Å². The number of nitrogens with zero attached hydrogens (tertiary/aromatic N) is 1. The highest BCUT2D eigenvalue weighted by atomic mass is 127. The van der Waals surface area contributed by atoms with Crippen LogP contribution in [0.15, 0.2) is 29.4 Å². The van der Waals surface area contributed by atoms with Crippen molar-refractivity contribution in [3.05, 3.63) is 29.8 Å². The summed E-state index contributed by atoms with van der Waals surface area (Å²) >= 11 is 2.02. The fourth-order valence-corrected chi connectivity index (χ4v) is 1.61. The van der Waals surface area contributed by atoms with Crippen LogP contribution < -0.4 is 4.74 Å². The van der Waals surface area contributed by atoms with Crippen LogP contribution in [0.3, 0.4) is 0 Å². The van der Waals surface area contributed by atoms with Crippen molar-refractivity contribution in [3.8, 4) is 5.75 Å². The molecule has 92 valence electrons. The third-order valence-corrected chi connectivity index (χ3v) is 2.45. The van der Waals surface area contributed by atoms with Gasteiger partial charge in [0.2, 0.25) is 0 Å². The Hall–Kier alpha value is -1.02. The average Bonchev–Trinajstić information content (AvgIpc) is 2.68. The van der Waals surface area contributed by atoms with Crippen LogP contribution in [-0.4, -0.2) is 28.0 Å². The van der Waals surface area contributed by atoms with Crippen LogP contribution >= 0.6 is 22.6 Å². The standard InChI is InChI=1S/C11H12INO4/c1-11(12)16-10(13-17-11)8-2-4-9(5-3-8)15-7-6-14/h2-5,14H,6-7H2,1H3. The van der Waals surface area contributed by atoms with E-state index < -0.39 is 3.79 Å². The lowest BCUT2D eigenvalue weighted by atomic mass is 10.2. The minimum absolute atomic E-state index is 0.00139. The largest absolute Gasteiger partial charge is 0.491 e. The molecule has 0 saturated carbocycles. The Kier molecular flexibility index (Phi) is 3.72. The second-order valence-electron chi connectivity index (χ2n) is 3.52. The van der Waals surface area contributed by atoms with Crippen LogP contribution in [-0.2, 0) is 9.57 Å². The number of alkyl halides is 1. The predicted molar refractivity (Wildman–Crippen MR) is 70.2 cm³/mol. The number of oxime groups is 1. The lowest BCUT2D eigenvalue weighted by Gasteiger charge is -2.12. The summed E-state index contributed by atoms with van der Waals surface area (Å²) in [6, 6.07) is 7.24. The van der Waals surface area contributed by atoms with Gasteiger partial charge in [-0.05, 0) is 29.4 Å². The molecular weight excluding hydrogens is 337 g/mol. The minimum Gasteiger partial charge on any atom is -0.491 e. The highest BCUT2D eigenvalue weighted by Gasteiger charge is 2.32. The molecule has 0 amide bonds. The van der Waals surface area contributed by atoms with Crippen LogP contribution in [0.2, 0.25) is 0 Å². The molecule has 0 aliphatic carbocycles. The van der Waals surface area contributed by atoms with E-state index in [4.69, 9.17) is 19.4 Å². The van der Waals surface area contributed by atoms with Gasteiger partial charge >= 0.3 is 3.79 Å². The molecule has 2 rings (SSSR count). The Morgan fingerprint density at radius 2 is 2.12 bits per heavy atom. The second-order valence-corrected chi connectivity index (χ2v) is 5.48. The van der Waals surface area contributed by atoms with Gasteiger partial charge in [-0.25, -0.2) is 0 Å². The van der Waals surface area contributed by atoms with Gasteiger partial charge in [0, 0.05) is 35.1 Å². The Labute approximate surface area is 112 Å². The molecule has 1 aliphatic heterocycles. The number of halogens is 1. The van der Waals surface area contributed by atoms with Crippen molar-refractivity contribution < 1.29 is 19.4 Å². The van der Waals surface area contributed by atoms with Crippen molar-refractivity contribution in [1.29, 1.82) is 0 Å². The van der Waals surface area contributed by atoms with E-state index in [1.54, 1.807) is 19.1 Å². The number of hydrogen-bond donors (Lipinski definition) is 1. The van der Waals surface area contributed by atoms with Gasteiger partial charge in [-0.1, -0.05) is 0 Å². The molecule has 1 heterocycles. The summed E-state index contributed by atoms with van der Waals surface area (Å²) in [6.07, 6.45) is 0. The highest BCUT2D eigenvalue weighted by Crippen LogP contribution is 2.29. The summed E-state index contributed by atoms with van der Waals surface area (Å²) in [6.45, 7) is 2.06. The number of aliphatic hydroxyl groups is 1. The van der Waals surface area contributed by atoms with E-state index in [1.165, 1.54) is 0 Å². The zero-order chi connectivity index (χ0) is 12.3. The molecular formula is C11H12INO4. The quantitative estimate of drug-likeness (QED) is 0.666. The van der Waals surface area contributed by atoms with Gasteiger partial charge in [0.1, 0.15) is 12.4 Å². The normalized spacial score (nSPS) is 22.6. The molecule has 0 radical (unpaired) electrons. The fraction of sp³-hybridized carbons (Fsp3) is 0.364. The third kappa shape index (κ3) is 3.22. The molecule has 1 N–H and O–H groups in total. The summed E-state index contributed by atoms with van der Waals surface area (Å²) in [7, 11) is 0. The van der Waals surface area contributed by atoms with E-state index in [9.17, 15) is 0 Å². The molecule has 0 aromatic heterocycles. The van der Waals surface area contributed by atoms with Gasteiger partial charge < -0.3 is 19.4 Å². The Morgan fingerprint density at radius 3 is 2.65 bits per heavy atom. The SMILES string of the molecule is CC1(I)ON=C(c2ccc(OCCO)cc2)O1. The first kappa shape index (κ1) is 12.4. The summed E-state index contributed by atoms with van der Waals surface area (Å²) < 4.78 is 10.0. The molecule has 1 aromatic carbocycles. The van der Waals surface area contributed by atoms with Gasteiger partial charge in [-0.2, -0.15) is 0 Å². The molecule has 1 unspecified atom stereocenters.